The van der Waals surface area contributed by atoms with Crippen LogP contribution in [0.3, 0.4) is 0 Å². The molecular weight excluding hydrogens is 340 g/mol. The minimum atomic E-state index is -0.338. The minimum absolute atomic E-state index is 0.171. The van der Waals surface area contributed by atoms with Gasteiger partial charge in [0.25, 0.3) is 11.5 Å². The summed E-state index contributed by atoms with van der Waals surface area (Å²) in [4.78, 5) is 33.7. The van der Waals surface area contributed by atoms with Crippen LogP contribution in [0.5, 0.6) is 0 Å². The molecule has 4 rings (SSSR count). The molecule has 6 heteroatoms. The molecule has 1 aromatic carbocycles. The molecule has 3 heterocycles. The number of benzene rings is 1. The van der Waals surface area contributed by atoms with Crippen molar-refractivity contribution in [3.8, 4) is 0 Å². The normalized spacial score (nSPS) is 17.0. The number of rotatable bonds is 4. The summed E-state index contributed by atoms with van der Waals surface area (Å²) in [5, 5.41) is 0. The van der Waals surface area contributed by atoms with Crippen LogP contribution in [0.25, 0.3) is 0 Å². The van der Waals surface area contributed by atoms with Crippen molar-refractivity contribution in [3.05, 3.63) is 88.4 Å². The molecule has 6 nitrogen and oxygen atoms in total. The highest BCUT2D eigenvalue weighted by Gasteiger charge is 2.28. The Labute approximate surface area is 157 Å². The van der Waals surface area contributed by atoms with Crippen molar-refractivity contribution in [1.82, 2.24) is 19.4 Å². The summed E-state index contributed by atoms with van der Waals surface area (Å²) in [5.74, 6) is 0.963. The maximum absolute atomic E-state index is 12.8. The minimum Gasteiger partial charge on any atom is -0.338 e. The molecule has 138 valence electrons. The molecule has 1 aliphatic heterocycles. The number of pyridine rings is 1. The first-order valence-electron chi connectivity index (χ1n) is 9.24. The quantitative estimate of drug-likeness (QED) is 0.776. The number of carbonyl (C=O) groups is 1. The lowest BCUT2D eigenvalue weighted by Gasteiger charge is -2.32. The Morgan fingerprint density at radius 2 is 2.04 bits per heavy atom. The summed E-state index contributed by atoms with van der Waals surface area (Å²) >= 11 is 0. The van der Waals surface area contributed by atoms with Crippen molar-refractivity contribution in [2.75, 3.05) is 13.1 Å². The van der Waals surface area contributed by atoms with Crippen molar-refractivity contribution in [2.24, 2.45) is 0 Å². The van der Waals surface area contributed by atoms with E-state index in [-0.39, 0.29) is 22.9 Å². The first kappa shape index (κ1) is 17.3. The lowest BCUT2D eigenvalue weighted by Crippen LogP contribution is -2.41. The van der Waals surface area contributed by atoms with Gasteiger partial charge in [-0.3, -0.25) is 9.59 Å². The van der Waals surface area contributed by atoms with Crippen LogP contribution in [0.4, 0.5) is 0 Å². The Kier molecular flexibility index (Phi) is 4.87. The third-order valence-electron chi connectivity index (χ3n) is 5.07. The zero-order chi connectivity index (χ0) is 18.6. The van der Waals surface area contributed by atoms with Crippen molar-refractivity contribution in [1.29, 1.82) is 0 Å². The van der Waals surface area contributed by atoms with E-state index in [2.05, 4.69) is 26.7 Å². The van der Waals surface area contributed by atoms with E-state index in [1.54, 1.807) is 23.2 Å². The third-order valence-corrected chi connectivity index (χ3v) is 5.07. The maximum Gasteiger partial charge on any atom is 0.260 e. The second kappa shape index (κ2) is 7.61. The van der Waals surface area contributed by atoms with Gasteiger partial charge in [0, 0.05) is 44.1 Å². The standard InChI is InChI=1S/C21H22N4O2/c26-20-18(9-4-10-23-20)21(27)25-12-5-8-17(15-25)19-22-11-13-24(19)14-16-6-2-1-3-7-16/h1-4,6-7,9-11,13,17H,5,8,12,14-15H2,(H,23,26)/t17-/m1/s1. The van der Waals surface area contributed by atoms with Crippen molar-refractivity contribution in [3.63, 3.8) is 0 Å². The lowest BCUT2D eigenvalue weighted by atomic mass is 9.96. The van der Waals surface area contributed by atoms with Crippen LogP contribution in [0.1, 0.15) is 40.5 Å². The summed E-state index contributed by atoms with van der Waals surface area (Å²) in [6.45, 7) is 2.01. The Morgan fingerprint density at radius 3 is 2.85 bits per heavy atom. The summed E-state index contributed by atoms with van der Waals surface area (Å²) in [5.41, 5.74) is 1.08. The predicted octanol–water partition coefficient (Wildman–Crippen LogP) is 2.64. The van der Waals surface area contributed by atoms with Crippen LogP contribution < -0.4 is 5.56 Å². The molecule has 0 saturated carbocycles. The predicted molar refractivity (Wildman–Crippen MR) is 103 cm³/mol. The molecule has 0 spiro atoms. The Morgan fingerprint density at radius 1 is 1.19 bits per heavy atom. The van der Waals surface area contributed by atoms with Crippen LogP contribution in [-0.4, -0.2) is 38.4 Å². The van der Waals surface area contributed by atoms with Gasteiger partial charge in [0.1, 0.15) is 11.4 Å². The molecular formula is C21H22N4O2. The molecule has 1 amide bonds. The number of likely N-dealkylation sites (tertiary alicyclic amines) is 1. The van der Waals surface area contributed by atoms with Crippen LogP contribution in [0.2, 0.25) is 0 Å². The molecule has 3 aromatic rings. The second-order valence-corrected chi connectivity index (χ2v) is 6.90. The number of imidazole rings is 1. The average Bonchev–Trinajstić information content (AvgIpc) is 3.17. The van der Waals surface area contributed by atoms with Gasteiger partial charge in [-0.1, -0.05) is 30.3 Å². The third kappa shape index (κ3) is 3.69. The molecule has 1 N–H and O–H groups in total. The largest absolute Gasteiger partial charge is 0.338 e. The van der Waals surface area contributed by atoms with Crippen molar-refractivity contribution >= 4 is 5.91 Å². The number of amides is 1. The molecule has 0 radical (unpaired) electrons. The van der Waals surface area contributed by atoms with Gasteiger partial charge in [-0.15, -0.1) is 0 Å². The van der Waals surface area contributed by atoms with Gasteiger partial charge in [-0.2, -0.15) is 0 Å². The molecule has 27 heavy (non-hydrogen) atoms. The Bertz CT molecular complexity index is 977. The van der Waals surface area contributed by atoms with Gasteiger partial charge in [0.15, 0.2) is 0 Å². The molecule has 0 unspecified atom stereocenters. The van der Waals surface area contributed by atoms with Crippen LogP contribution in [0.15, 0.2) is 65.8 Å². The van der Waals surface area contributed by atoms with E-state index in [9.17, 15) is 9.59 Å². The summed E-state index contributed by atoms with van der Waals surface area (Å²) in [6, 6.07) is 13.5. The summed E-state index contributed by atoms with van der Waals surface area (Å²) < 4.78 is 2.16. The van der Waals surface area contributed by atoms with Crippen LogP contribution >= 0.6 is 0 Å². The zero-order valence-electron chi connectivity index (χ0n) is 15.0. The van der Waals surface area contributed by atoms with Crippen LogP contribution in [-0.2, 0) is 6.54 Å². The fraction of sp³-hybridized carbons (Fsp3) is 0.286. The SMILES string of the molecule is O=C(c1ccc[nH]c1=O)N1CCC[C@@H](c2nccn2Cc2ccccc2)C1. The molecule has 0 bridgehead atoms. The number of nitrogens with one attached hydrogen (secondary N) is 1. The second-order valence-electron chi connectivity index (χ2n) is 6.90. The summed E-state index contributed by atoms with van der Waals surface area (Å²) in [7, 11) is 0. The number of aromatic amines is 1. The van der Waals surface area contributed by atoms with Crippen LogP contribution in [0, 0.1) is 0 Å². The zero-order valence-corrected chi connectivity index (χ0v) is 15.0. The van der Waals surface area contributed by atoms with Gasteiger partial charge in [0.05, 0.1) is 0 Å². The number of carbonyl (C=O) groups excluding carboxylic acids is 1. The van der Waals surface area contributed by atoms with Gasteiger partial charge < -0.3 is 14.5 Å². The number of hydrogen-bond acceptors (Lipinski definition) is 3. The molecule has 0 aliphatic carbocycles. The van der Waals surface area contributed by atoms with Gasteiger partial charge in [0.2, 0.25) is 0 Å². The number of piperidine rings is 1. The van der Waals surface area contributed by atoms with E-state index in [4.69, 9.17) is 0 Å². The molecule has 1 aliphatic rings. The number of aromatic nitrogens is 3. The fourth-order valence-electron chi connectivity index (χ4n) is 3.73. The highest BCUT2D eigenvalue weighted by molar-refractivity contribution is 5.93. The average molecular weight is 362 g/mol. The maximum atomic E-state index is 12.8. The van der Waals surface area contributed by atoms with E-state index >= 15 is 0 Å². The lowest BCUT2D eigenvalue weighted by molar-refractivity contribution is 0.0701. The molecule has 1 fully saturated rings. The van der Waals surface area contributed by atoms with Gasteiger partial charge >= 0.3 is 0 Å². The van der Waals surface area contributed by atoms with E-state index in [1.807, 2.05) is 30.6 Å². The number of nitrogens with zero attached hydrogens (tertiary/aromatic N) is 3. The first-order chi connectivity index (χ1) is 13.2. The number of hydrogen-bond donors (Lipinski definition) is 1. The molecule has 2 aromatic heterocycles. The van der Waals surface area contributed by atoms with E-state index in [0.29, 0.717) is 13.1 Å². The smallest absolute Gasteiger partial charge is 0.260 e. The van der Waals surface area contributed by atoms with Crippen molar-refractivity contribution in [2.45, 2.75) is 25.3 Å². The van der Waals surface area contributed by atoms with E-state index < -0.39 is 0 Å². The Balaban J connectivity index is 1.52. The number of H-pyrrole nitrogens is 1. The topological polar surface area (TPSA) is 71.0 Å². The highest BCUT2D eigenvalue weighted by Crippen LogP contribution is 2.27. The van der Waals surface area contributed by atoms with E-state index in [1.165, 1.54) is 5.56 Å². The summed E-state index contributed by atoms with van der Waals surface area (Å²) in [6.07, 6.45) is 7.24. The molecule has 1 atom stereocenters. The highest BCUT2D eigenvalue weighted by atomic mass is 16.2. The monoisotopic (exact) mass is 362 g/mol. The van der Waals surface area contributed by atoms with Gasteiger partial charge in [-0.05, 0) is 30.5 Å². The fourth-order valence-corrected chi connectivity index (χ4v) is 3.73. The Hall–Kier alpha value is -3.15. The van der Waals surface area contributed by atoms with E-state index in [0.717, 1.165) is 25.2 Å². The van der Waals surface area contributed by atoms with Gasteiger partial charge in [-0.25, -0.2) is 4.98 Å². The molecule has 1 saturated heterocycles. The first-order valence-corrected chi connectivity index (χ1v) is 9.24. The van der Waals surface area contributed by atoms with Crippen molar-refractivity contribution < 1.29 is 4.79 Å².